The maximum absolute atomic E-state index is 12.3. The van der Waals surface area contributed by atoms with Crippen LogP contribution in [0.25, 0.3) is 0 Å². The first-order chi connectivity index (χ1) is 12.8. The van der Waals surface area contributed by atoms with Gasteiger partial charge in [-0.2, -0.15) is 0 Å². The van der Waals surface area contributed by atoms with E-state index in [-0.39, 0.29) is 29.9 Å². The molecule has 1 rings (SSSR count). The zero-order valence-corrected chi connectivity index (χ0v) is 20.6. The highest BCUT2D eigenvalue weighted by molar-refractivity contribution is 14.0. The van der Waals surface area contributed by atoms with Gasteiger partial charge in [-0.15, -0.1) is 24.0 Å². The smallest absolute Gasteiger partial charge is 0.224 e. The fourth-order valence-corrected chi connectivity index (χ4v) is 3.06. The summed E-state index contributed by atoms with van der Waals surface area (Å²) in [7, 11) is 3.59. The predicted octanol–water partition coefficient (Wildman–Crippen LogP) is 2.94. The molecule has 0 radical (unpaired) electrons. The molecule has 7 heteroatoms. The topological polar surface area (TPSA) is 60.0 Å². The van der Waals surface area contributed by atoms with Crippen molar-refractivity contribution < 1.29 is 4.79 Å². The second-order valence-electron chi connectivity index (χ2n) is 7.34. The second-order valence-corrected chi connectivity index (χ2v) is 7.34. The normalized spacial score (nSPS) is 11.5. The number of benzene rings is 1. The molecule has 0 atom stereocenters. The molecule has 0 saturated heterocycles. The number of aliphatic imine (C=N–C) groups is 1. The Hall–Kier alpha value is -1.35. The molecule has 160 valence electrons. The van der Waals surface area contributed by atoms with Crippen LogP contribution in [-0.2, 0) is 11.3 Å². The van der Waals surface area contributed by atoms with Crippen LogP contribution >= 0.6 is 24.0 Å². The number of carbonyl (C=O) groups is 1. The standard InChI is InChI=1S/C21H37N5O.HI/c1-17(2)26(18(3)4)15-14-24-21(22-5)23-13-12-20(27)25(6)16-19-10-8-7-9-11-19;/h7-11,17-18H,12-16H2,1-6H3,(H2,22,23,24);1H. The molecule has 2 N–H and O–H groups in total. The summed E-state index contributed by atoms with van der Waals surface area (Å²) in [5.41, 5.74) is 1.14. The minimum absolute atomic E-state index is 0. The minimum atomic E-state index is 0. The largest absolute Gasteiger partial charge is 0.356 e. The Labute approximate surface area is 188 Å². The van der Waals surface area contributed by atoms with Gasteiger partial charge in [0.2, 0.25) is 5.91 Å². The highest BCUT2D eigenvalue weighted by Crippen LogP contribution is 2.04. The van der Waals surface area contributed by atoms with Crippen molar-refractivity contribution in [1.82, 2.24) is 20.4 Å². The first-order valence-electron chi connectivity index (χ1n) is 9.83. The van der Waals surface area contributed by atoms with E-state index in [1.807, 2.05) is 37.4 Å². The van der Waals surface area contributed by atoms with Crippen molar-refractivity contribution in [2.24, 2.45) is 4.99 Å². The van der Waals surface area contributed by atoms with Crippen molar-refractivity contribution in [3.8, 4) is 0 Å². The van der Waals surface area contributed by atoms with Crippen molar-refractivity contribution >= 4 is 35.8 Å². The molecule has 0 aromatic heterocycles. The van der Waals surface area contributed by atoms with Gasteiger partial charge in [-0.1, -0.05) is 30.3 Å². The lowest BCUT2D eigenvalue weighted by molar-refractivity contribution is -0.130. The summed E-state index contributed by atoms with van der Waals surface area (Å²) in [5, 5.41) is 6.55. The van der Waals surface area contributed by atoms with Crippen molar-refractivity contribution in [2.75, 3.05) is 33.7 Å². The molecular formula is C21H38IN5O. The first kappa shape index (κ1) is 26.6. The first-order valence-corrected chi connectivity index (χ1v) is 9.83. The van der Waals surface area contributed by atoms with Crippen LogP contribution in [0.1, 0.15) is 39.7 Å². The molecule has 28 heavy (non-hydrogen) atoms. The Morgan fingerprint density at radius 2 is 1.61 bits per heavy atom. The molecule has 0 spiro atoms. The Kier molecular flexibility index (Phi) is 13.9. The van der Waals surface area contributed by atoms with E-state index < -0.39 is 0 Å². The van der Waals surface area contributed by atoms with Crippen LogP contribution in [0.15, 0.2) is 35.3 Å². The molecule has 1 aromatic carbocycles. The van der Waals surface area contributed by atoms with Crippen molar-refractivity contribution in [3.05, 3.63) is 35.9 Å². The average molecular weight is 503 g/mol. The summed E-state index contributed by atoms with van der Waals surface area (Å²) >= 11 is 0. The van der Waals surface area contributed by atoms with E-state index in [1.165, 1.54) is 0 Å². The fraction of sp³-hybridized carbons (Fsp3) is 0.619. The van der Waals surface area contributed by atoms with Gasteiger partial charge >= 0.3 is 0 Å². The summed E-state index contributed by atoms with van der Waals surface area (Å²) in [4.78, 5) is 20.7. The van der Waals surface area contributed by atoms with Crippen LogP contribution in [0, 0.1) is 0 Å². The average Bonchev–Trinajstić information content (AvgIpc) is 2.63. The van der Waals surface area contributed by atoms with Gasteiger partial charge in [0, 0.05) is 58.8 Å². The number of rotatable bonds is 10. The van der Waals surface area contributed by atoms with Crippen LogP contribution < -0.4 is 10.6 Å². The number of hydrogen-bond acceptors (Lipinski definition) is 3. The fourth-order valence-electron chi connectivity index (χ4n) is 3.06. The van der Waals surface area contributed by atoms with Crippen molar-refractivity contribution in [2.45, 2.75) is 52.7 Å². The van der Waals surface area contributed by atoms with E-state index >= 15 is 0 Å². The SMILES string of the molecule is CN=C(NCCC(=O)N(C)Cc1ccccc1)NCCN(C(C)C)C(C)C.I. The third kappa shape index (κ3) is 10.3. The zero-order chi connectivity index (χ0) is 20.2. The Balaban J connectivity index is 0.00000729. The number of carbonyl (C=O) groups excluding carboxylic acids is 1. The van der Waals surface area contributed by atoms with E-state index in [2.05, 4.69) is 48.2 Å². The van der Waals surface area contributed by atoms with Gasteiger partial charge in [-0.25, -0.2) is 0 Å². The molecule has 1 amide bonds. The Morgan fingerprint density at radius 3 is 2.14 bits per heavy atom. The highest BCUT2D eigenvalue weighted by atomic mass is 127. The van der Waals surface area contributed by atoms with Crippen LogP contribution in [-0.4, -0.2) is 67.5 Å². The number of amides is 1. The lowest BCUT2D eigenvalue weighted by Gasteiger charge is -2.30. The number of nitrogens with one attached hydrogen (secondary N) is 2. The molecular weight excluding hydrogens is 465 g/mol. The minimum Gasteiger partial charge on any atom is -0.356 e. The highest BCUT2D eigenvalue weighted by Gasteiger charge is 2.13. The van der Waals surface area contributed by atoms with Crippen molar-refractivity contribution in [1.29, 1.82) is 0 Å². The quantitative estimate of drug-likeness (QED) is 0.293. The molecule has 0 heterocycles. The molecule has 6 nitrogen and oxygen atoms in total. The van der Waals surface area contributed by atoms with E-state index in [0.717, 1.165) is 24.6 Å². The maximum Gasteiger partial charge on any atom is 0.224 e. The van der Waals surface area contributed by atoms with Gasteiger partial charge in [0.1, 0.15) is 0 Å². The molecule has 0 aliphatic carbocycles. The number of hydrogen-bond donors (Lipinski definition) is 2. The van der Waals surface area contributed by atoms with Crippen molar-refractivity contribution in [3.63, 3.8) is 0 Å². The second kappa shape index (κ2) is 14.6. The summed E-state index contributed by atoms with van der Waals surface area (Å²) < 4.78 is 0. The van der Waals surface area contributed by atoms with Crippen LogP contribution in [0.5, 0.6) is 0 Å². The molecule has 0 aliphatic heterocycles. The van der Waals surface area contributed by atoms with Gasteiger partial charge in [0.05, 0.1) is 0 Å². The van der Waals surface area contributed by atoms with Gasteiger partial charge < -0.3 is 15.5 Å². The summed E-state index contributed by atoms with van der Waals surface area (Å²) in [6, 6.07) is 11.1. The third-order valence-corrected chi connectivity index (χ3v) is 4.53. The predicted molar refractivity (Wildman–Crippen MR) is 129 cm³/mol. The third-order valence-electron chi connectivity index (χ3n) is 4.53. The van der Waals surface area contributed by atoms with Gasteiger partial charge in [-0.05, 0) is 33.3 Å². The van der Waals surface area contributed by atoms with E-state index in [0.29, 0.717) is 31.6 Å². The molecule has 0 unspecified atom stereocenters. The Morgan fingerprint density at radius 1 is 1.04 bits per heavy atom. The lowest BCUT2D eigenvalue weighted by Crippen LogP contribution is -2.45. The van der Waals surface area contributed by atoms with Gasteiger partial charge in [-0.3, -0.25) is 14.7 Å². The summed E-state index contributed by atoms with van der Waals surface area (Å²) in [6.07, 6.45) is 0.439. The van der Waals surface area contributed by atoms with Gasteiger partial charge in [0.15, 0.2) is 5.96 Å². The van der Waals surface area contributed by atoms with Crippen LogP contribution in [0.4, 0.5) is 0 Å². The number of guanidine groups is 1. The number of halogens is 1. The monoisotopic (exact) mass is 503 g/mol. The Bertz CT molecular complexity index is 569. The van der Waals surface area contributed by atoms with Crippen LogP contribution in [0.2, 0.25) is 0 Å². The maximum atomic E-state index is 12.3. The molecule has 0 aliphatic rings. The van der Waals surface area contributed by atoms with Crippen LogP contribution in [0.3, 0.4) is 0 Å². The zero-order valence-electron chi connectivity index (χ0n) is 18.2. The van der Waals surface area contributed by atoms with Gasteiger partial charge in [0.25, 0.3) is 0 Å². The molecule has 0 fully saturated rings. The van der Waals surface area contributed by atoms with E-state index in [4.69, 9.17) is 0 Å². The van der Waals surface area contributed by atoms with E-state index in [9.17, 15) is 4.79 Å². The summed E-state index contributed by atoms with van der Waals surface area (Å²) in [6.45, 7) is 11.8. The lowest BCUT2D eigenvalue weighted by atomic mass is 10.2. The molecule has 0 saturated carbocycles. The number of nitrogens with zero attached hydrogens (tertiary/aromatic N) is 3. The summed E-state index contributed by atoms with van der Waals surface area (Å²) in [5.74, 6) is 0.855. The molecule has 1 aromatic rings. The molecule has 0 bridgehead atoms. The van der Waals surface area contributed by atoms with E-state index in [1.54, 1.807) is 11.9 Å².